The third kappa shape index (κ3) is 2.89. The lowest BCUT2D eigenvalue weighted by atomic mass is 9.87. The molecule has 0 amide bonds. The molecular formula is C12H14F5N3. The Kier molecular flexibility index (Phi) is 3.95. The minimum absolute atomic E-state index is 0.00475. The first-order chi connectivity index (χ1) is 9.29. The fourth-order valence-corrected chi connectivity index (χ4v) is 2.23. The highest BCUT2D eigenvalue weighted by atomic mass is 19.4. The number of hydrogen-bond acceptors (Lipinski definition) is 3. The molecule has 0 aliphatic heterocycles. The highest BCUT2D eigenvalue weighted by molar-refractivity contribution is 5.16. The standard InChI is InChI=1S/C12H14F5N3/c13-9(14)10-19-5-8(6-20-10)7(4-18)3-11(1-2-11)12(15,16)17/h5-7,9H,1-4,18H2/t7-/m0/s1. The first kappa shape index (κ1) is 15.1. The van der Waals surface area contributed by atoms with Gasteiger partial charge in [0, 0.05) is 18.3 Å². The summed E-state index contributed by atoms with van der Waals surface area (Å²) in [5, 5.41) is 0. The smallest absolute Gasteiger partial charge is 0.330 e. The molecule has 0 spiro atoms. The molecule has 1 aromatic rings. The van der Waals surface area contributed by atoms with Crippen LogP contribution >= 0.6 is 0 Å². The van der Waals surface area contributed by atoms with Crippen LogP contribution in [0.2, 0.25) is 0 Å². The summed E-state index contributed by atoms with van der Waals surface area (Å²) in [5.41, 5.74) is 4.20. The van der Waals surface area contributed by atoms with Crippen molar-refractivity contribution in [3.63, 3.8) is 0 Å². The van der Waals surface area contributed by atoms with Crippen LogP contribution in [0.15, 0.2) is 12.4 Å². The number of nitrogens with zero attached hydrogens (tertiary/aromatic N) is 2. The van der Waals surface area contributed by atoms with Crippen LogP contribution in [-0.2, 0) is 0 Å². The predicted octanol–water partition coefficient (Wildman–Crippen LogP) is 3.19. The molecule has 1 saturated carbocycles. The Morgan fingerprint density at radius 2 is 1.75 bits per heavy atom. The topological polar surface area (TPSA) is 51.8 Å². The second-order valence-electron chi connectivity index (χ2n) is 5.09. The minimum Gasteiger partial charge on any atom is -0.330 e. The zero-order valence-electron chi connectivity index (χ0n) is 10.5. The van der Waals surface area contributed by atoms with Crippen molar-refractivity contribution in [3.05, 3.63) is 23.8 Å². The molecule has 1 aliphatic rings. The van der Waals surface area contributed by atoms with Crippen LogP contribution in [0, 0.1) is 5.41 Å². The van der Waals surface area contributed by atoms with E-state index in [1.807, 2.05) is 0 Å². The molecule has 0 radical (unpaired) electrons. The van der Waals surface area contributed by atoms with E-state index in [4.69, 9.17) is 5.73 Å². The highest BCUT2D eigenvalue weighted by Crippen LogP contribution is 2.61. The van der Waals surface area contributed by atoms with Crippen molar-refractivity contribution in [3.8, 4) is 0 Å². The van der Waals surface area contributed by atoms with Crippen LogP contribution < -0.4 is 5.73 Å². The van der Waals surface area contributed by atoms with E-state index >= 15 is 0 Å². The van der Waals surface area contributed by atoms with Gasteiger partial charge in [0.15, 0.2) is 5.82 Å². The Hall–Kier alpha value is -1.31. The van der Waals surface area contributed by atoms with Crippen molar-refractivity contribution in [2.24, 2.45) is 11.1 Å². The monoisotopic (exact) mass is 295 g/mol. The zero-order chi connectivity index (χ0) is 15.0. The minimum atomic E-state index is -4.26. The number of alkyl halides is 5. The van der Waals surface area contributed by atoms with Crippen LogP contribution in [0.5, 0.6) is 0 Å². The normalized spacial score (nSPS) is 19.1. The third-order valence-corrected chi connectivity index (χ3v) is 3.73. The molecule has 2 rings (SSSR count). The van der Waals surface area contributed by atoms with Crippen molar-refractivity contribution in [1.29, 1.82) is 0 Å². The Bertz CT molecular complexity index is 453. The Morgan fingerprint density at radius 3 is 2.10 bits per heavy atom. The van der Waals surface area contributed by atoms with E-state index in [0.717, 1.165) is 12.4 Å². The number of hydrogen-bond donors (Lipinski definition) is 1. The van der Waals surface area contributed by atoms with Gasteiger partial charge in [-0.2, -0.15) is 13.2 Å². The third-order valence-electron chi connectivity index (χ3n) is 3.73. The van der Waals surface area contributed by atoms with Gasteiger partial charge in [0.05, 0.1) is 5.41 Å². The maximum absolute atomic E-state index is 12.9. The summed E-state index contributed by atoms with van der Waals surface area (Å²) in [7, 11) is 0. The van der Waals surface area contributed by atoms with Crippen molar-refractivity contribution in [2.75, 3.05) is 6.54 Å². The second kappa shape index (κ2) is 5.23. The SMILES string of the molecule is NC[C@H](CC1(C(F)(F)F)CC1)c1cnc(C(F)F)nc1. The van der Waals surface area contributed by atoms with E-state index in [9.17, 15) is 22.0 Å². The van der Waals surface area contributed by atoms with Crippen LogP contribution in [0.1, 0.15) is 43.0 Å². The molecule has 1 aliphatic carbocycles. The summed E-state index contributed by atoms with van der Waals surface area (Å²) in [6.45, 7) is -0.00475. The molecular weight excluding hydrogens is 281 g/mol. The maximum Gasteiger partial charge on any atom is 0.394 e. The van der Waals surface area contributed by atoms with E-state index in [0.29, 0.717) is 5.56 Å². The number of rotatable bonds is 5. The molecule has 1 atom stereocenters. The molecule has 1 aromatic heterocycles. The van der Waals surface area contributed by atoms with Crippen molar-refractivity contribution < 1.29 is 22.0 Å². The summed E-state index contributed by atoms with van der Waals surface area (Å²) >= 11 is 0. The molecule has 112 valence electrons. The molecule has 0 unspecified atom stereocenters. The van der Waals surface area contributed by atoms with Gasteiger partial charge in [-0.1, -0.05) is 0 Å². The molecule has 2 N–H and O–H groups in total. The Labute approximate surface area is 112 Å². The summed E-state index contributed by atoms with van der Waals surface area (Å²) in [6, 6.07) is 0. The van der Waals surface area contributed by atoms with E-state index in [1.54, 1.807) is 0 Å². The largest absolute Gasteiger partial charge is 0.394 e. The van der Waals surface area contributed by atoms with Gasteiger partial charge in [0.2, 0.25) is 0 Å². The quantitative estimate of drug-likeness (QED) is 0.849. The fraction of sp³-hybridized carbons (Fsp3) is 0.667. The van der Waals surface area contributed by atoms with Crippen LogP contribution in [0.25, 0.3) is 0 Å². The molecule has 1 heterocycles. The van der Waals surface area contributed by atoms with E-state index in [2.05, 4.69) is 9.97 Å². The van der Waals surface area contributed by atoms with Gasteiger partial charge in [-0.15, -0.1) is 0 Å². The van der Waals surface area contributed by atoms with Gasteiger partial charge in [0.25, 0.3) is 6.43 Å². The van der Waals surface area contributed by atoms with Gasteiger partial charge in [-0.3, -0.25) is 0 Å². The lowest BCUT2D eigenvalue weighted by Crippen LogP contribution is -2.29. The summed E-state index contributed by atoms with van der Waals surface area (Å²) in [4.78, 5) is 6.92. The van der Waals surface area contributed by atoms with Crippen molar-refractivity contribution in [2.45, 2.75) is 37.8 Å². The summed E-state index contributed by atoms with van der Waals surface area (Å²) in [6.07, 6.45) is -4.76. The zero-order valence-corrected chi connectivity index (χ0v) is 10.5. The number of aromatic nitrogens is 2. The fourth-order valence-electron chi connectivity index (χ4n) is 2.23. The molecule has 0 saturated heterocycles. The predicted molar refractivity (Wildman–Crippen MR) is 61.1 cm³/mol. The highest BCUT2D eigenvalue weighted by Gasteiger charge is 2.63. The molecule has 0 aromatic carbocycles. The summed E-state index contributed by atoms with van der Waals surface area (Å²) in [5.74, 6) is -1.22. The van der Waals surface area contributed by atoms with E-state index < -0.39 is 29.8 Å². The Morgan fingerprint density at radius 1 is 1.20 bits per heavy atom. The first-order valence-electron chi connectivity index (χ1n) is 6.16. The maximum atomic E-state index is 12.9. The summed E-state index contributed by atoms with van der Waals surface area (Å²) < 4.78 is 63.4. The van der Waals surface area contributed by atoms with Gasteiger partial charge in [0.1, 0.15) is 0 Å². The Balaban J connectivity index is 2.13. The lowest BCUT2D eigenvalue weighted by Gasteiger charge is -2.24. The lowest BCUT2D eigenvalue weighted by molar-refractivity contribution is -0.190. The average molecular weight is 295 g/mol. The van der Waals surface area contributed by atoms with Gasteiger partial charge in [-0.25, -0.2) is 18.7 Å². The molecule has 1 fully saturated rings. The molecule has 8 heteroatoms. The van der Waals surface area contributed by atoms with Crippen molar-refractivity contribution >= 4 is 0 Å². The second-order valence-corrected chi connectivity index (χ2v) is 5.09. The van der Waals surface area contributed by atoms with Crippen molar-refractivity contribution in [1.82, 2.24) is 9.97 Å². The average Bonchev–Trinajstić information content (AvgIpc) is 3.16. The molecule has 3 nitrogen and oxygen atoms in total. The van der Waals surface area contributed by atoms with Crippen LogP contribution in [-0.4, -0.2) is 22.7 Å². The van der Waals surface area contributed by atoms with Crippen LogP contribution in [0.3, 0.4) is 0 Å². The van der Waals surface area contributed by atoms with Gasteiger partial charge < -0.3 is 5.73 Å². The molecule has 20 heavy (non-hydrogen) atoms. The van der Waals surface area contributed by atoms with Crippen LogP contribution in [0.4, 0.5) is 22.0 Å². The number of halogens is 5. The van der Waals surface area contributed by atoms with Gasteiger partial charge in [-0.05, 0) is 31.4 Å². The van der Waals surface area contributed by atoms with Gasteiger partial charge >= 0.3 is 6.18 Å². The first-order valence-corrected chi connectivity index (χ1v) is 6.16. The van der Waals surface area contributed by atoms with E-state index in [-0.39, 0.29) is 25.8 Å². The van der Waals surface area contributed by atoms with E-state index in [1.165, 1.54) is 0 Å². The number of nitrogens with two attached hydrogens (primary N) is 1. The molecule has 0 bridgehead atoms.